The van der Waals surface area contributed by atoms with E-state index >= 15 is 0 Å². The Hall–Kier alpha value is -1.34. The van der Waals surface area contributed by atoms with E-state index in [-0.39, 0.29) is 11.7 Å². The van der Waals surface area contributed by atoms with Crippen LogP contribution in [0.15, 0.2) is 17.9 Å². The maximum absolute atomic E-state index is 11.7. The molecule has 2 rings (SSSR count). The second kappa shape index (κ2) is 2.82. The van der Waals surface area contributed by atoms with Gasteiger partial charge in [-0.15, -0.1) is 5.73 Å². The largest absolute Gasteiger partial charge is 0.468 e. The Morgan fingerprint density at radius 3 is 3.00 bits per heavy atom. The zero-order chi connectivity index (χ0) is 10.3. The van der Waals surface area contributed by atoms with E-state index in [1.807, 2.05) is 0 Å². The number of ether oxygens (including phenoxy) is 1. The van der Waals surface area contributed by atoms with Crippen LogP contribution in [0.3, 0.4) is 0 Å². The molecule has 0 unspecified atom stereocenters. The number of methoxy groups -OCH3 is 1. The Morgan fingerprint density at radius 2 is 2.43 bits per heavy atom. The molecule has 0 heterocycles. The van der Waals surface area contributed by atoms with Crippen LogP contribution in [0.2, 0.25) is 0 Å². The summed E-state index contributed by atoms with van der Waals surface area (Å²) >= 11 is 0. The van der Waals surface area contributed by atoms with Gasteiger partial charge >= 0.3 is 5.97 Å². The van der Waals surface area contributed by atoms with Crippen LogP contribution in [0.5, 0.6) is 0 Å². The lowest BCUT2D eigenvalue weighted by Gasteiger charge is -2.16. The molecule has 3 heteroatoms. The van der Waals surface area contributed by atoms with Crippen molar-refractivity contribution in [3.05, 3.63) is 17.9 Å². The lowest BCUT2D eigenvalue weighted by molar-refractivity contribution is -0.152. The first-order valence-corrected chi connectivity index (χ1v) is 4.71. The molecule has 2 aliphatic rings. The molecular formula is C11H12O3. The third-order valence-corrected chi connectivity index (χ3v) is 3.25. The van der Waals surface area contributed by atoms with E-state index in [0.29, 0.717) is 6.42 Å². The molecule has 14 heavy (non-hydrogen) atoms. The van der Waals surface area contributed by atoms with Gasteiger partial charge in [0.2, 0.25) is 0 Å². The number of rotatable bonds is 1. The number of Topliss-reactive ketones (excluding diaryl/α,β-unsaturated/α-hetero) is 1. The standard InChI is InChI=1S/C11H12O3/c1-3-7-8-5-4-6-9(12)11(7,8)10(13)14-2/h8H,1,4-6H2,2H3/t8-,11-/m0/s1. The van der Waals surface area contributed by atoms with Gasteiger partial charge in [0.05, 0.1) is 7.11 Å². The van der Waals surface area contributed by atoms with Crippen molar-refractivity contribution >= 4 is 11.8 Å². The molecule has 0 bridgehead atoms. The van der Waals surface area contributed by atoms with E-state index in [0.717, 1.165) is 18.4 Å². The maximum Gasteiger partial charge on any atom is 0.324 e. The van der Waals surface area contributed by atoms with Crippen molar-refractivity contribution in [2.45, 2.75) is 19.3 Å². The van der Waals surface area contributed by atoms with Gasteiger partial charge in [-0.3, -0.25) is 9.59 Å². The zero-order valence-corrected chi connectivity index (χ0v) is 8.13. The smallest absolute Gasteiger partial charge is 0.324 e. The quantitative estimate of drug-likeness (QED) is 0.356. The Balaban J connectivity index is 2.44. The van der Waals surface area contributed by atoms with Gasteiger partial charge in [0.1, 0.15) is 0 Å². The van der Waals surface area contributed by atoms with Gasteiger partial charge in [-0.05, 0) is 12.8 Å². The van der Waals surface area contributed by atoms with E-state index in [9.17, 15) is 9.59 Å². The number of hydrogen-bond donors (Lipinski definition) is 0. The third kappa shape index (κ3) is 0.828. The van der Waals surface area contributed by atoms with Crippen LogP contribution < -0.4 is 0 Å². The Kier molecular flexibility index (Phi) is 1.86. The lowest BCUT2D eigenvalue weighted by atomic mass is 9.87. The minimum absolute atomic E-state index is 0.0215. The van der Waals surface area contributed by atoms with Crippen molar-refractivity contribution in [1.82, 2.24) is 0 Å². The highest BCUT2D eigenvalue weighted by Gasteiger charge is 2.71. The molecule has 2 aliphatic carbocycles. The maximum atomic E-state index is 11.7. The highest BCUT2D eigenvalue weighted by atomic mass is 16.5. The molecule has 2 atom stereocenters. The molecule has 0 amide bonds. The Morgan fingerprint density at radius 1 is 1.71 bits per heavy atom. The molecule has 0 aliphatic heterocycles. The van der Waals surface area contributed by atoms with Gasteiger partial charge in [0, 0.05) is 17.9 Å². The molecule has 0 aromatic carbocycles. The summed E-state index contributed by atoms with van der Waals surface area (Å²) in [5.41, 5.74) is 2.48. The van der Waals surface area contributed by atoms with Crippen LogP contribution in [-0.4, -0.2) is 18.9 Å². The van der Waals surface area contributed by atoms with Crippen molar-refractivity contribution in [3.63, 3.8) is 0 Å². The summed E-state index contributed by atoms with van der Waals surface area (Å²) < 4.78 is 4.69. The van der Waals surface area contributed by atoms with Crippen LogP contribution in [0.1, 0.15) is 19.3 Å². The van der Waals surface area contributed by atoms with Gasteiger partial charge in [0.15, 0.2) is 11.2 Å². The van der Waals surface area contributed by atoms with Gasteiger partial charge in [-0.1, -0.05) is 6.58 Å². The Labute approximate surface area is 82.4 Å². The molecule has 0 aromatic rings. The number of ketones is 1. The summed E-state index contributed by atoms with van der Waals surface area (Å²) in [5, 5.41) is 0. The average molecular weight is 192 g/mol. The fourth-order valence-corrected chi connectivity index (χ4v) is 2.55. The molecule has 2 fully saturated rings. The van der Waals surface area contributed by atoms with Crippen molar-refractivity contribution in [3.8, 4) is 0 Å². The first-order chi connectivity index (χ1) is 6.69. The van der Waals surface area contributed by atoms with E-state index in [2.05, 4.69) is 17.0 Å². The summed E-state index contributed by atoms with van der Waals surface area (Å²) in [6.45, 7) is 3.52. The highest BCUT2D eigenvalue weighted by molar-refractivity contribution is 6.13. The van der Waals surface area contributed by atoms with Crippen LogP contribution >= 0.6 is 0 Å². The average Bonchev–Trinajstić information content (AvgIpc) is 2.87. The molecule has 2 saturated carbocycles. The fraction of sp³-hybridized carbons (Fsp3) is 0.545. The monoisotopic (exact) mass is 192 g/mol. The van der Waals surface area contributed by atoms with Gasteiger partial charge in [-0.2, -0.15) is 0 Å². The second-order valence-electron chi connectivity index (χ2n) is 3.76. The van der Waals surface area contributed by atoms with E-state index in [4.69, 9.17) is 0 Å². The van der Waals surface area contributed by atoms with Crippen LogP contribution in [0.4, 0.5) is 0 Å². The molecule has 0 aromatic heterocycles. The van der Waals surface area contributed by atoms with E-state index < -0.39 is 11.4 Å². The summed E-state index contributed by atoms with van der Waals surface area (Å²) in [6.07, 6.45) is 2.20. The van der Waals surface area contributed by atoms with Gasteiger partial charge in [-0.25, -0.2) is 0 Å². The highest BCUT2D eigenvalue weighted by Crippen LogP contribution is 2.64. The first kappa shape index (κ1) is 9.22. The predicted octanol–water partition coefficient (Wildman–Crippen LogP) is 1.24. The lowest BCUT2D eigenvalue weighted by Crippen LogP contribution is -2.31. The van der Waals surface area contributed by atoms with Crippen LogP contribution in [0.25, 0.3) is 0 Å². The number of esters is 1. The minimum Gasteiger partial charge on any atom is -0.468 e. The number of carbonyl (C=O) groups is 2. The summed E-state index contributed by atoms with van der Waals surface area (Å²) in [5.74, 6) is -0.432. The number of fused-ring (bicyclic) bond motifs is 1. The van der Waals surface area contributed by atoms with Crippen LogP contribution in [-0.2, 0) is 14.3 Å². The normalized spacial score (nSPS) is 34.5. The fourth-order valence-electron chi connectivity index (χ4n) is 2.55. The predicted molar refractivity (Wildman–Crippen MR) is 49.5 cm³/mol. The molecule has 0 saturated heterocycles. The van der Waals surface area contributed by atoms with Gasteiger partial charge < -0.3 is 4.74 Å². The van der Waals surface area contributed by atoms with Crippen molar-refractivity contribution in [1.29, 1.82) is 0 Å². The summed E-state index contributed by atoms with van der Waals surface area (Å²) in [7, 11) is 1.31. The SMILES string of the molecule is C=C=C1[C@@H]2CCCC(=O)[C@]12C(=O)OC. The minimum atomic E-state index is -0.977. The van der Waals surface area contributed by atoms with Crippen molar-refractivity contribution < 1.29 is 14.3 Å². The summed E-state index contributed by atoms with van der Waals surface area (Å²) in [6, 6.07) is 0. The topological polar surface area (TPSA) is 43.4 Å². The number of hydrogen-bond acceptors (Lipinski definition) is 3. The van der Waals surface area contributed by atoms with Crippen molar-refractivity contribution in [2.24, 2.45) is 11.3 Å². The molecule has 0 N–H and O–H groups in total. The molecule has 3 nitrogen and oxygen atoms in total. The third-order valence-electron chi connectivity index (χ3n) is 3.25. The van der Waals surface area contributed by atoms with Gasteiger partial charge in [0.25, 0.3) is 0 Å². The Bertz CT molecular complexity index is 353. The first-order valence-electron chi connectivity index (χ1n) is 4.71. The molecule has 0 spiro atoms. The zero-order valence-electron chi connectivity index (χ0n) is 8.13. The number of carbonyl (C=O) groups excluding carboxylic acids is 2. The van der Waals surface area contributed by atoms with E-state index in [1.165, 1.54) is 7.11 Å². The molecular weight excluding hydrogens is 180 g/mol. The van der Waals surface area contributed by atoms with Crippen LogP contribution in [0, 0.1) is 11.3 Å². The molecule has 74 valence electrons. The van der Waals surface area contributed by atoms with Crippen molar-refractivity contribution in [2.75, 3.05) is 7.11 Å². The second-order valence-corrected chi connectivity index (χ2v) is 3.76. The summed E-state index contributed by atoms with van der Waals surface area (Å²) in [4.78, 5) is 23.3. The molecule has 0 radical (unpaired) electrons. The van der Waals surface area contributed by atoms with E-state index in [1.54, 1.807) is 0 Å².